The summed E-state index contributed by atoms with van der Waals surface area (Å²) in [5.41, 5.74) is 0. The topological polar surface area (TPSA) is 210 Å². The maximum Gasteiger partial charge on any atom is 0.472 e. The molecule has 0 aliphatic heterocycles. The van der Waals surface area contributed by atoms with E-state index in [4.69, 9.17) is 18.5 Å². The van der Waals surface area contributed by atoms with Gasteiger partial charge in [-0.1, -0.05) is 184 Å². The smallest absolute Gasteiger partial charge is 0.462 e. The van der Waals surface area contributed by atoms with Crippen molar-refractivity contribution in [1.29, 1.82) is 0 Å². The van der Waals surface area contributed by atoms with E-state index >= 15 is 0 Å². The first-order valence-electron chi connectivity index (χ1n) is 25.1. The van der Waals surface area contributed by atoms with E-state index in [1.54, 1.807) is 0 Å². The Morgan fingerprint density at radius 2 is 0.892 bits per heavy atom. The summed E-state index contributed by atoms with van der Waals surface area (Å²) < 4.78 is 33.6. The van der Waals surface area contributed by atoms with Gasteiger partial charge in [0.1, 0.15) is 43.2 Å². The minimum atomic E-state index is -5.13. The molecule has 0 amide bonds. The number of allylic oxidation sites excluding steroid dienone is 10. The highest BCUT2D eigenvalue weighted by atomic mass is 31.2. The zero-order valence-corrected chi connectivity index (χ0v) is 40.9. The molecule has 1 rings (SSSR count). The summed E-state index contributed by atoms with van der Waals surface area (Å²) in [6, 6.07) is 0. The van der Waals surface area contributed by atoms with Crippen molar-refractivity contribution in [2.75, 3.05) is 13.2 Å². The van der Waals surface area contributed by atoms with E-state index in [0.29, 0.717) is 12.8 Å². The predicted molar refractivity (Wildman–Crippen MR) is 258 cm³/mol. The average Bonchev–Trinajstić information content (AvgIpc) is 3.29. The van der Waals surface area contributed by atoms with Crippen LogP contribution in [0.15, 0.2) is 60.8 Å². The second-order valence-electron chi connectivity index (χ2n) is 17.4. The van der Waals surface area contributed by atoms with Gasteiger partial charge in [-0.05, 0) is 57.8 Å². The summed E-state index contributed by atoms with van der Waals surface area (Å²) in [5, 5.41) is 50.2. The van der Waals surface area contributed by atoms with Crippen LogP contribution >= 0.6 is 7.82 Å². The molecule has 1 aliphatic rings. The Hall–Kier alpha value is -2.45. The maximum atomic E-state index is 12.8. The van der Waals surface area contributed by atoms with Crippen LogP contribution in [0.4, 0.5) is 0 Å². The van der Waals surface area contributed by atoms with Crippen molar-refractivity contribution >= 4 is 19.8 Å². The highest BCUT2D eigenvalue weighted by Crippen LogP contribution is 2.47. The van der Waals surface area contributed by atoms with Crippen LogP contribution in [-0.4, -0.2) is 98.3 Å². The fourth-order valence-electron chi connectivity index (χ4n) is 7.41. The number of hydrogen-bond acceptors (Lipinski definition) is 12. The van der Waals surface area contributed by atoms with E-state index in [1.165, 1.54) is 89.9 Å². The van der Waals surface area contributed by atoms with Crippen LogP contribution < -0.4 is 0 Å². The second-order valence-corrected chi connectivity index (χ2v) is 18.8. The van der Waals surface area contributed by atoms with Crippen molar-refractivity contribution in [2.24, 2.45) is 0 Å². The molecule has 0 spiro atoms. The van der Waals surface area contributed by atoms with Crippen LogP contribution in [0.5, 0.6) is 0 Å². The van der Waals surface area contributed by atoms with E-state index < -0.39 is 75.7 Å². The molecular formula is C51H89O13P. The Morgan fingerprint density at radius 3 is 1.38 bits per heavy atom. The Bertz CT molecular complexity index is 1370. The molecule has 0 saturated heterocycles. The molecule has 0 heterocycles. The first-order valence-corrected chi connectivity index (χ1v) is 26.6. The largest absolute Gasteiger partial charge is 0.472 e. The third kappa shape index (κ3) is 32.8. The second kappa shape index (κ2) is 40.6. The quantitative estimate of drug-likeness (QED) is 0.0111. The first-order chi connectivity index (χ1) is 31.4. The predicted octanol–water partition coefficient (Wildman–Crippen LogP) is 10.5. The molecule has 6 N–H and O–H groups in total. The van der Waals surface area contributed by atoms with Crippen LogP contribution in [-0.2, 0) is 32.7 Å². The lowest BCUT2D eigenvalue weighted by molar-refractivity contribution is -0.220. The van der Waals surface area contributed by atoms with Crippen LogP contribution in [0.1, 0.15) is 194 Å². The Kier molecular flexibility index (Phi) is 37.8. The third-order valence-electron chi connectivity index (χ3n) is 11.4. The van der Waals surface area contributed by atoms with Gasteiger partial charge in [-0.25, -0.2) is 4.57 Å². The van der Waals surface area contributed by atoms with Crippen LogP contribution in [0.3, 0.4) is 0 Å². The van der Waals surface area contributed by atoms with Crippen molar-refractivity contribution in [3.63, 3.8) is 0 Å². The molecule has 1 aliphatic carbocycles. The van der Waals surface area contributed by atoms with Gasteiger partial charge in [0, 0.05) is 12.8 Å². The number of unbranched alkanes of at least 4 members (excludes halogenated alkanes) is 22. The number of carbonyl (C=O) groups excluding carboxylic acids is 2. The average molecular weight is 941 g/mol. The zero-order valence-electron chi connectivity index (χ0n) is 40.0. The minimum absolute atomic E-state index is 0.0886. The molecule has 0 aromatic heterocycles. The summed E-state index contributed by atoms with van der Waals surface area (Å²) in [6.45, 7) is 3.15. The molecule has 0 aromatic carbocycles. The zero-order chi connectivity index (χ0) is 47.8. The van der Waals surface area contributed by atoms with Gasteiger partial charge in [-0.3, -0.25) is 18.6 Å². The summed E-state index contributed by atoms with van der Waals surface area (Å²) in [6.07, 6.45) is 37.0. The maximum absolute atomic E-state index is 12.8. The van der Waals surface area contributed by atoms with Crippen molar-refractivity contribution in [3.8, 4) is 0 Å². The van der Waals surface area contributed by atoms with E-state index in [0.717, 1.165) is 64.2 Å². The molecule has 0 bridgehead atoms. The Balaban J connectivity index is 2.41. The van der Waals surface area contributed by atoms with Crippen molar-refractivity contribution in [2.45, 2.75) is 236 Å². The number of aliphatic hydroxyl groups excluding tert-OH is 5. The van der Waals surface area contributed by atoms with Crippen LogP contribution in [0, 0.1) is 0 Å². The molecule has 8 atom stereocenters. The molecule has 14 heteroatoms. The lowest BCUT2D eigenvalue weighted by atomic mass is 9.85. The SMILES string of the molecule is CC/C=C/C=C/C=C/C=C/CCCCCCCC(=O)OC[C@H](COP(=O)(O)OC1C(O)C(O)C(O)[C@@H](O)C1O)OC(=O)CCCCCCCCCCCCC/C=C/CCCCCCCC. The number of ether oxygens (including phenoxy) is 2. The molecule has 1 saturated carbocycles. The molecular weight excluding hydrogens is 852 g/mol. The van der Waals surface area contributed by atoms with Gasteiger partial charge < -0.3 is 39.9 Å². The molecule has 13 nitrogen and oxygen atoms in total. The van der Waals surface area contributed by atoms with Gasteiger partial charge in [-0.15, -0.1) is 0 Å². The highest BCUT2D eigenvalue weighted by Gasteiger charge is 2.51. The van der Waals surface area contributed by atoms with Gasteiger partial charge >= 0.3 is 19.8 Å². The van der Waals surface area contributed by atoms with Gasteiger partial charge in [0.2, 0.25) is 0 Å². The Labute approximate surface area is 392 Å². The van der Waals surface area contributed by atoms with E-state index in [2.05, 4.69) is 38.2 Å². The summed E-state index contributed by atoms with van der Waals surface area (Å²) >= 11 is 0. The standard InChI is InChI=1S/C51H89O13P/c1-3-5-7-9-11-13-15-17-19-20-21-22-23-24-26-28-30-32-34-36-38-40-45(53)63-43(42-62-65(59,60)64-51-49(57)47(55)46(54)48(56)50(51)58)41-61-44(52)39-37-35-33-31-29-27-25-18-16-14-12-10-8-6-4-2/h6,8,10,12,14,16-19,25,43,46-51,54-58H,3-5,7,9,11,13,15,20-24,26-42H2,1-2H3,(H,59,60)/b8-6+,12-10+,16-14+,19-17+,25-18+/t43-,46?,47-,48?,49?,50?,51?/m1/s1. The molecule has 376 valence electrons. The van der Waals surface area contributed by atoms with Crippen molar-refractivity contribution in [1.82, 2.24) is 0 Å². The number of carbonyl (C=O) groups is 2. The number of hydrogen-bond donors (Lipinski definition) is 6. The molecule has 0 radical (unpaired) electrons. The first kappa shape index (κ1) is 60.6. The monoisotopic (exact) mass is 941 g/mol. The van der Waals surface area contributed by atoms with Crippen molar-refractivity contribution in [3.05, 3.63) is 60.8 Å². The number of phosphoric ester groups is 1. The molecule has 6 unspecified atom stereocenters. The lowest BCUT2D eigenvalue weighted by Crippen LogP contribution is -2.64. The van der Waals surface area contributed by atoms with Gasteiger partial charge in [-0.2, -0.15) is 0 Å². The number of esters is 2. The van der Waals surface area contributed by atoms with Gasteiger partial charge in [0.05, 0.1) is 6.61 Å². The van der Waals surface area contributed by atoms with E-state index in [-0.39, 0.29) is 12.8 Å². The van der Waals surface area contributed by atoms with Crippen LogP contribution in [0.2, 0.25) is 0 Å². The van der Waals surface area contributed by atoms with E-state index in [1.807, 2.05) is 36.5 Å². The molecule has 1 fully saturated rings. The number of aliphatic hydroxyl groups is 5. The van der Waals surface area contributed by atoms with Gasteiger partial charge in [0.25, 0.3) is 0 Å². The summed E-state index contributed by atoms with van der Waals surface area (Å²) in [5.74, 6) is -1.13. The normalized spacial score (nSPS) is 21.9. The number of rotatable bonds is 41. The number of phosphoric acid groups is 1. The fourth-order valence-corrected chi connectivity index (χ4v) is 8.38. The lowest BCUT2D eigenvalue weighted by Gasteiger charge is -2.41. The highest BCUT2D eigenvalue weighted by molar-refractivity contribution is 7.47. The molecule has 0 aromatic rings. The van der Waals surface area contributed by atoms with Gasteiger partial charge in [0.15, 0.2) is 6.10 Å². The molecule has 65 heavy (non-hydrogen) atoms. The third-order valence-corrected chi connectivity index (χ3v) is 12.4. The Morgan fingerprint density at radius 1 is 0.492 bits per heavy atom. The summed E-state index contributed by atoms with van der Waals surface area (Å²) in [4.78, 5) is 35.8. The van der Waals surface area contributed by atoms with Crippen molar-refractivity contribution < 1.29 is 63.1 Å². The van der Waals surface area contributed by atoms with Crippen LogP contribution in [0.25, 0.3) is 0 Å². The minimum Gasteiger partial charge on any atom is -0.462 e. The fraction of sp³-hybridized carbons (Fsp3) is 0.765. The summed E-state index contributed by atoms with van der Waals surface area (Å²) in [7, 11) is -5.13. The van der Waals surface area contributed by atoms with E-state index in [9.17, 15) is 44.6 Å².